The first-order valence-electron chi connectivity index (χ1n) is 8.15. The molecule has 1 saturated heterocycles. The fourth-order valence-electron chi connectivity index (χ4n) is 2.80. The topological polar surface area (TPSA) is 41.6 Å². The Labute approximate surface area is 137 Å². The van der Waals surface area contributed by atoms with Crippen LogP contribution in [0, 0.1) is 0 Å². The summed E-state index contributed by atoms with van der Waals surface area (Å²) in [5, 5.41) is 2.91. The predicted octanol–water partition coefficient (Wildman–Crippen LogP) is 3.94. The maximum atomic E-state index is 12.3. The number of hydrogen-bond donors (Lipinski definition) is 1. The number of carbonyl (C=O) groups excluding carboxylic acids is 1. The molecule has 0 unspecified atom stereocenters. The largest absolute Gasteiger partial charge is 0.494 e. The second-order valence-electron chi connectivity index (χ2n) is 5.65. The van der Waals surface area contributed by atoms with Crippen LogP contribution in [0.1, 0.15) is 30.1 Å². The quantitative estimate of drug-likeness (QED) is 0.909. The predicted molar refractivity (Wildman–Crippen MR) is 93.5 cm³/mol. The first-order valence-corrected chi connectivity index (χ1v) is 8.15. The summed E-state index contributed by atoms with van der Waals surface area (Å²) in [6.07, 6.45) is 2.50. The summed E-state index contributed by atoms with van der Waals surface area (Å²) in [4.78, 5) is 14.7. The molecule has 1 heterocycles. The Bertz CT molecular complexity index is 644. The van der Waals surface area contributed by atoms with E-state index in [1.807, 2.05) is 55.5 Å². The van der Waals surface area contributed by atoms with Crippen LogP contribution in [-0.4, -0.2) is 25.6 Å². The molecular weight excluding hydrogens is 288 g/mol. The number of benzene rings is 2. The van der Waals surface area contributed by atoms with Crippen molar-refractivity contribution in [1.82, 2.24) is 0 Å². The fraction of sp³-hybridized carbons (Fsp3) is 0.316. The highest BCUT2D eigenvalue weighted by molar-refractivity contribution is 6.04. The number of ether oxygens (including phenoxy) is 1. The summed E-state index contributed by atoms with van der Waals surface area (Å²) in [6, 6.07) is 15.2. The summed E-state index contributed by atoms with van der Waals surface area (Å²) >= 11 is 0. The van der Waals surface area contributed by atoms with E-state index in [4.69, 9.17) is 4.74 Å². The third-order valence-corrected chi connectivity index (χ3v) is 4.02. The molecule has 0 aromatic heterocycles. The van der Waals surface area contributed by atoms with E-state index >= 15 is 0 Å². The zero-order valence-electron chi connectivity index (χ0n) is 13.4. The molecule has 3 rings (SSSR count). The first kappa shape index (κ1) is 15.4. The molecule has 4 heteroatoms. The van der Waals surface area contributed by atoms with Crippen LogP contribution in [0.15, 0.2) is 48.5 Å². The maximum absolute atomic E-state index is 12.3. The maximum Gasteiger partial charge on any atom is 0.255 e. The Morgan fingerprint density at radius 1 is 1.04 bits per heavy atom. The van der Waals surface area contributed by atoms with Gasteiger partial charge in [-0.05, 0) is 68.3 Å². The van der Waals surface area contributed by atoms with Gasteiger partial charge in [0.25, 0.3) is 5.91 Å². The molecule has 120 valence electrons. The van der Waals surface area contributed by atoms with E-state index in [1.165, 1.54) is 18.5 Å². The van der Waals surface area contributed by atoms with E-state index in [-0.39, 0.29) is 5.91 Å². The van der Waals surface area contributed by atoms with E-state index in [1.54, 1.807) is 0 Å². The average Bonchev–Trinajstić information content (AvgIpc) is 3.11. The molecule has 1 fully saturated rings. The van der Waals surface area contributed by atoms with Crippen LogP contribution >= 0.6 is 0 Å². The summed E-state index contributed by atoms with van der Waals surface area (Å²) in [7, 11) is 0. The zero-order chi connectivity index (χ0) is 16.1. The molecule has 0 saturated carbocycles. The Hall–Kier alpha value is -2.49. The van der Waals surface area contributed by atoms with Crippen LogP contribution in [-0.2, 0) is 0 Å². The van der Waals surface area contributed by atoms with Crippen LogP contribution in [0.2, 0.25) is 0 Å². The average molecular weight is 310 g/mol. The minimum absolute atomic E-state index is 0.0952. The van der Waals surface area contributed by atoms with Crippen molar-refractivity contribution in [2.45, 2.75) is 19.8 Å². The van der Waals surface area contributed by atoms with E-state index in [2.05, 4.69) is 10.2 Å². The number of amides is 1. The minimum atomic E-state index is -0.0952. The highest BCUT2D eigenvalue weighted by Crippen LogP contribution is 2.21. The first-order chi connectivity index (χ1) is 11.3. The van der Waals surface area contributed by atoms with E-state index in [0.29, 0.717) is 12.2 Å². The van der Waals surface area contributed by atoms with Crippen molar-refractivity contribution in [2.24, 2.45) is 0 Å². The van der Waals surface area contributed by atoms with Crippen molar-refractivity contribution >= 4 is 17.3 Å². The molecule has 0 radical (unpaired) electrons. The minimum Gasteiger partial charge on any atom is -0.494 e. The van der Waals surface area contributed by atoms with Crippen molar-refractivity contribution in [3.63, 3.8) is 0 Å². The van der Waals surface area contributed by atoms with Gasteiger partial charge in [0.2, 0.25) is 0 Å². The molecule has 0 atom stereocenters. The van der Waals surface area contributed by atoms with Crippen LogP contribution in [0.5, 0.6) is 5.75 Å². The summed E-state index contributed by atoms with van der Waals surface area (Å²) in [5.74, 6) is 0.711. The van der Waals surface area contributed by atoms with Crippen LogP contribution < -0.4 is 15.0 Å². The van der Waals surface area contributed by atoms with Gasteiger partial charge in [-0.2, -0.15) is 0 Å². The molecule has 0 aliphatic carbocycles. The van der Waals surface area contributed by atoms with Crippen molar-refractivity contribution in [2.75, 3.05) is 29.9 Å². The van der Waals surface area contributed by atoms with E-state index in [0.717, 1.165) is 24.5 Å². The zero-order valence-corrected chi connectivity index (χ0v) is 13.4. The van der Waals surface area contributed by atoms with Gasteiger partial charge in [0.15, 0.2) is 0 Å². The molecule has 1 aliphatic heterocycles. The van der Waals surface area contributed by atoms with Crippen LogP contribution in [0.25, 0.3) is 0 Å². The summed E-state index contributed by atoms with van der Waals surface area (Å²) in [6.45, 7) is 4.80. The van der Waals surface area contributed by atoms with Gasteiger partial charge in [-0.1, -0.05) is 0 Å². The number of nitrogens with zero attached hydrogens (tertiary/aromatic N) is 1. The highest BCUT2D eigenvalue weighted by Gasteiger charge is 2.13. The molecule has 0 bridgehead atoms. The third-order valence-electron chi connectivity index (χ3n) is 4.02. The van der Waals surface area contributed by atoms with Gasteiger partial charge < -0.3 is 15.0 Å². The lowest BCUT2D eigenvalue weighted by Crippen LogP contribution is -2.18. The van der Waals surface area contributed by atoms with Gasteiger partial charge in [-0.25, -0.2) is 0 Å². The van der Waals surface area contributed by atoms with Crippen LogP contribution in [0.4, 0.5) is 11.4 Å². The van der Waals surface area contributed by atoms with Gasteiger partial charge in [-0.3, -0.25) is 4.79 Å². The monoisotopic (exact) mass is 310 g/mol. The van der Waals surface area contributed by atoms with Crippen molar-refractivity contribution < 1.29 is 9.53 Å². The SMILES string of the molecule is CCOc1ccc(NC(=O)c2ccc(N3CCCC3)cc2)cc1. The lowest BCUT2D eigenvalue weighted by atomic mass is 10.1. The summed E-state index contributed by atoms with van der Waals surface area (Å²) < 4.78 is 5.39. The second-order valence-corrected chi connectivity index (χ2v) is 5.65. The smallest absolute Gasteiger partial charge is 0.255 e. The molecule has 1 aliphatic rings. The van der Waals surface area contributed by atoms with Crippen molar-refractivity contribution in [3.8, 4) is 5.75 Å². The van der Waals surface area contributed by atoms with Gasteiger partial charge in [0.05, 0.1) is 6.61 Å². The summed E-state index contributed by atoms with van der Waals surface area (Å²) in [5.41, 5.74) is 2.63. The molecule has 2 aromatic carbocycles. The van der Waals surface area contributed by atoms with Gasteiger partial charge in [0.1, 0.15) is 5.75 Å². The lowest BCUT2D eigenvalue weighted by Gasteiger charge is -2.17. The molecule has 2 aromatic rings. The number of carbonyl (C=O) groups is 1. The molecule has 0 spiro atoms. The van der Waals surface area contributed by atoms with E-state index < -0.39 is 0 Å². The van der Waals surface area contributed by atoms with Crippen molar-refractivity contribution in [1.29, 1.82) is 0 Å². The standard InChI is InChI=1S/C19H22N2O2/c1-2-23-18-11-7-16(8-12-18)20-19(22)15-5-9-17(10-6-15)21-13-3-4-14-21/h5-12H,2-4,13-14H2,1H3,(H,20,22). The van der Waals surface area contributed by atoms with Crippen LogP contribution in [0.3, 0.4) is 0 Å². The number of rotatable bonds is 5. The molecule has 23 heavy (non-hydrogen) atoms. The van der Waals surface area contributed by atoms with E-state index in [9.17, 15) is 4.79 Å². The van der Waals surface area contributed by atoms with Gasteiger partial charge in [0, 0.05) is 30.0 Å². The highest BCUT2D eigenvalue weighted by atomic mass is 16.5. The Balaban J connectivity index is 1.63. The fourth-order valence-corrected chi connectivity index (χ4v) is 2.80. The molecule has 1 N–H and O–H groups in total. The van der Waals surface area contributed by atoms with Gasteiger partial charge in [-0.15, -0.1) is 0 Å². The van der Waals surface area contributed by atoms with Gasteiger partial charge >= 0.3 is 0 Å². The third kappa shape index (κ3) is 3.83. The lowest BCUT2D eigenvalue weighted by molar-refractivity contribution is 0.102. The molecule has 4 nitrogen and oxygen atoms in total. The molecule has 1 amide bonds. The Morgan fingerprint density at radius 3 is 2.30 bits per heavy atom. The Kier molecular flexibility index (Phi) is 4.81. The number of nitrogens with one attached hydrogen (secondary N) is 1. The second kappa shape index (κ2) is 7.18. The normalized spacial score (nSPS) is 13.9. The van der Waals surface area contributed by atoms with Crippen molar-refractivity contribution in [3.05, 3.63) is 54.1 Å². The molecular formula is C19H22N2O2. The number of hydrogen-bond acceptors (Lipinski definition) is 3. The number of anilines is 2. The Morgan fingerprint density at radius 2 is 1.70 bits per heavy atom.